The minimum atomic E-state index is -1.76. The predicted octanol–water partition coefficient (Wildman–Crippen LogP) is -0.601. The second-order valence-electron chi connectivity index (χ2n) is 15.5. The van der Waals surface area contributed by atoms with Crippen molar-refractivity contribution >= 4 is 47.2 Å². The summed E-state index contributed by atoms with van der Waals surface area (Å²) in [4.78, 5) is 101. The lowest BCUT2D eigenvalue weighted by Crippen LogP contribution is -2.63. The van der Waals surface area contributed by atoms with Gasteiger partial charge >= 0.3 is 12.0 Å². The van der Waals surface area contributed by atoms with E-state index in [-0.39, 0.29) is 69.7 Å². The largest absolute Gasteiger partial charge is 0.461 e. The Labute approximate surface area is 342 Å². The number of benzene rings is 2. The number of rotatable bonds is 6. The van der Waals surface area contributed by atoms with Crippen LogP contribution < -0.4 is 30.7 Å². The van der Waals surface area contributed by atoms with Crippen LogP contribution in [0.4, 0.5) is 19.3 Å². The molecule has 19 nitrogen and oxygen atoms in total. The number of aliphatic hydroxyl groups excluding tert-OH is 1. The number of cyclic esters (lactones) is 1. The molecule has 0 spiro atoms. The van der Waals surface area contributed by atoms with Crippen LogP contribution in [-0.2, 0) is 44.7 Å². The molecule has 7 rings (SSSR count). The van der Waals surface area contributed by atoms with Gasteiger partial charge in [-0.05, 0) is 49.1 Å². The number of carbonyl (C=O) groups excluding carboxylic acids is 7. The Bertz CT molecular complexity index is 2040. The Morgan fingerprint density at radius 3 is 2.35 bits per heavy atom. The third kappa shape index (κ3) is 9.20. The molecule has 0 radical (unpaired) electrons. The maximum atomic E-state index is 14.5. The monoisotopic (exact) mass is 841 g/mol. The zero-order valence-electron chi connectivity index (χ0n) is 32.7. The summed E-state index contributed by atoms with van der Waals surface area (Å²) in [5.41, 5.74) is 0.192. The van der Waals surface area contributed by atoms with Crippen LogP contribution >= 0.6 is 0 Å². The van der Waals surface area contributed by atoms with E-state index in [4.69, 9.17) is 18.9 Å². The molecule has 322 valence electrons. The van der Waals surface area contributed by atoms with Gasteiger partial charge in [0, 0.05) is 50.3 Å². The van der Waals surface area contributed by atoms with Crippen LogP contribution in [0.5, 0.6) is 11.5 Å². The summed E-state index contributed by atoms with van der Waals surface area (Å²) in [5.74, 6) is -6.25. The Hall–Kier alpha value is -6.09. The third-order valence-electron chi connectivity index (χ3n) is 11.0. The van der Waals surface area contributed by atoms with Crippen molar-refractivity contribution in [3.8, 4) is 11.5 Å². The molecule has 0 saturated carbocycles. The van der Waals surface area contributed by atoms with Gasteiger partial charge in [-0.3, -0.25) is 24.0 Å². The quantitative estimate of drug-likeness (QED) is 0.230. The average Bonchev–Trinajstić information content (AvgIpc) is 3.95. The molecule has 0 unspecified atom stereocenters. The van der Waals surface area contributed by atoms with Gasteiger partial charge in [-0.1, -0.05) is 6.92 Å². The summed E-state index contributed by atoms with van der Waals surface area (Å²) < 4.78 is 50.4. The van der Waals surface area contributed by atoms with E-state index in [2.05, 4.69) is 21.3 Å². The third-order valence-corrected chi connectivity index (χ3v) is 11.0. The highest BCUT2D eigenvalue weighted by Crippen LogP contribution is 2.34. The van der Waals surface area contributed by atoms with Crippen LogP contribution in [0.2, 0.25) is 0 Å². The molecular weight excluding hydrogens is 796 g/mol. The molecule has 0 aromatic heterocycles. The smallest absolute Gasteiger partial charge is 0.328 e. The van der Waals surface area contributed by atoms with Crippen molar-refractivity contribution in [3.63, 3.8) is 0 Å². The lowest BCUT2D eigenvalue weighted by atomic mass is 10.0. The first-order valence-electron chi connectivity index (χ1n) is 19.5. The summed E-state index contributed by atoms with van der Waals surface area (Å²) in [6.45, 7) is 1.96. The van der Waals surface area contributed by atoms with Gasteiger partial charge in [-0.25, -0.2) is 18.4 Å². The molecule has 5 heterocycles. The summed E-state index contributed by atoms with van der Waals surface area (Å²) in [6, 6.07) is -2.06. The summed E-state index contributed by atoms with van der Waals surface area (Å²) in [5, 5.41) is 20.9. The van der Waals surface area contributed by atoms with Gasteiger partial charge in [0.05, 0.1) is 19.3 Å². The molecule has 2 aromatic carbocycles. The standard InChI is InChI=1S/C39H45F2N7O12/c1-19-7-29-38(55)58-16-27(36(53)48-15-25(49)13-28(48)37(54)46-5-6-57-17-30(46)34(51)42-20(2)35(52)47(29)14-19)44-33(50)26(10-21-8-22(40)11-23(41)9-21)45-39(56)43-24-3-4-31-32(12-24)60-18-59-31/h3-4,8-9,11-12,19-20,25-30,49H,5-7,10,13-18H2,1-2H3,(H,42,51)(H,44,50)(H2,43,45,56)/t19-,20+,25-,26+,27+,28+,29+,30+/m1/s1. The van der Waals surface area contributed by atoms with E-state index in [1.165, 1.54) is 28.9 Å². The normalized spacial score (nSPS) is 27.6. The van der Waals surface area contributed by atoms with E-state index in [1.54, 1.807) is 6.07 Å². The molecule has 60 heavy (non-hydrogen) atoms. The molecule has 5 N–H and O–H groups in total. The number of ether oxygens (including phenoxy) is 4. The summed E-state index contributed by atoms with van der Waals surface area (Å²) >= 11 is 0. The number of hydrogen-bond acceptors (Lipinski definition) is 12. The van der Waals surface area contributed by atoms with E-state index in [0.29, 0.717) is 17.6 Å². The molecule has 5 aliphatic heterocycles. The van der Waals surface area contributed by atoms with E-state index < -0.39 is 109 Å². The van der Waals surface area contributed by atoms with Crippen molar-refractivity contribution in [2.24, 2.45) is 5.92 Å². The van der Waals surface area contributed by atoms with Crippen molar-refractivity contribution < 1.29 is 66.4 Å². The van der Waals surface area contributed by atoms with Crippen molar-refractivity contribution in [2.75, 3.05) is 51.6 Å². The molecule has 4 fully saturated rings. The highest BCUT2D eigenvalue weighted by Gasteiger charge is 2.48. The Morgan fingerprint density at radius 1 is 0.850 bits per heavy atom. The van der Waals surface area contributed by atoms with E-state index in [1.807, 2.05) is 6.92 Å². The highest BCUT2D eigenvalue weighted by atomic mass is 19.1. The first-order valence-corrected chi connectivity index (χ1v) is 19.5. The molecule has 4 saturated heterocycles. The van der Waals surface area contributed by atoms with Crippen LogP contribution in [0.1, 0.15) is 32.3 Å². The van der Waals surface area contributed by atoms with Crippen molar-refractivity contribution in [2.45, 2.75) is 75.5 Å². The van der Waals surface area contributed by atoms with Gasteiger partial charge in [0.15, 0.2) is 11.5 Å². The van der Waals surface area contributed by atoms with Crippen LogP contribution in [-0.4, -0.2) is 150 Å². The van der Waals surface area contributed by atoms with Crippen molar-refractivity contribution in [1.29, 1.82) is 0 Å². The van der Waals surface area contributed by atoms with Gasteiger partial charge in [-0.15, -0.1) is 0 Å². The number of morpholine rings is 1. The Kier molecular flexibility index (Phi) is 12.4. The summed E-state index contributed by atoms with van der Waals surface area (Å²) in [7, 11) is 0. The van der Waals surface area contributed by atoms with Crippen LogP contribution in [0.15, 0.2) is 36.4 Å². The lowest BCUT2D eigenvalue weighted by molar-refractivity contribution is -0.160. The maximum Gasteiger partial charge on any atom is 0.328 e. The highest BCUT2D eigenvalue weighted by molar-refractivity contribution is 5.98. The predicted molar refractivity (Wildman–Crippen MR) is 201 cm³/mol. The van der Waals surface area contributed by atoms with Crippen molar-refractivity contribution in [3.05, 3.63) is 53.6 Å². The topological polar surface area (TPSA) is 234 Å². The molecule has 5 aliphatic rings. The second kappa shape index (κ2) is 17.6. The SMILES string of the molecule is C[C@@H]1C[C@H]2C(=O)OC[C@H](NC(=O)[C@H](Cc3cc(F)cc(F)c3)NC(=O)Nc3ccc4c(c3)OCO4)C(=O)N3C[C@H](O)C[C@H]3C(=O)N3CCOC[C@H]3C(=O)N[C@@H](C)C(=O)N2C1. The number of hydrogen-bond donors (Lipinski definition) is 5. The molecule has 8 atom stereocenters. The minimum Gasteiger partial charge on any atom is -0.461 e. The zero-order chi connectivity index (χ0) is 42.8. The van der Waals surface area contributed by atoms with Gasteiger partial charge in [-0.2, -0.15) is 0 Å². The Morgan fingerprint density at radius 2 is 1.58 bits per heavy atom. The summed E-state index contributed by atoms with van der Waals surface area (Å²) in [6.07, 6.45) is -1.75. The molecular formula is C39H45F2N7O12. The number of esters is 1. The van der Waals surface area contributed by atoms with Crippen LogP contribution in [0.3, 0.4) is 0 Å². The fourth-order valence-corrected chi connectivity index (χ4v) is 8.08. The Balaban J connectivity index is 1.19. The van der Waals surface area contributed by atoms with Crippen LogP contribution in [0.25, 0.3) is 0 Å². The number of nitrogens with zero attached hydrogens (tertiary/aromatic N) is 3. The van der Waals surface area contributed by atoms with E-state index in [9.17, 15) is 47.4 Å². The fraction of sp³-hybridized carbons (Fsp3) is 0.513. The first-order chi connectivity index (χ1) is 28.6. The average molecular weight is 842 g/mol. The molecule has 7 amide bonds. The number of amides is 7. The number of anilines is 1. The molecule has 2 aromatic rings. The van der Waals surface area contributed by atoms with Crippen LogP contribution in [0, 0.1) is 17.6 Å². The van der Waals surface area contributed by atoms with Crippen molar-refractivity contribution in [1.82, 2.24) is 30.7 Å². The number of carbonyl (C=O) groups is 7. The zero-order valence-corrected chi connectivity index (χ0v) is 32.7. The number of nitrogens with one attached hydrogen (secondary N) is 4. The first kappa shape index (κ1) is 42.0. The number of urea groups is 1. The van der Waals surface area contributed by atoms with Gasteiger partial charge in [0.25, 0.3) is 0 Å². The maximum absolute atomic E-state index is 14.5. The second-order valence-corrected chi connectivity index (χ2v) is 15.5. The van der Waals surface area contributed by atoms with Gasteiger partial charge in [0.2, 0.25) is 36.3 Å². The van der Waals surface area contributed by atoms with Gasteiger partial charge < -0.3 is 60.0 Å². The van der Waals surface area contributed by atoms with E-state index in [0.717, 1.165) is 17.0 Å². The fourth-order valence-electron chi connectivity index (χ4n) is 8.08. The molecule has 0 bridgehead atoms. The number of halogens is 2. The number of fused-ring (bicyclic) bond motifs is 4. The van der Waals surface area contributed by atoms with Gasteiger partial charge in [0.1, 0.15) is 54.5 Å². The lowest BCUT2D eigenvalue weighted by Gasteiger charge is -2.39. The van der Waals surface area contributed by atoms with E-state index >= 15 is 0 Å². The number of aliphatic hydroxyl groups is 1. The molecule has 21 heteroatoms. The minimum absolute atomic E-state index is 0.0296. The molecule has 0 aliphatic carbocycles.